The van der Waals surface area contributed by atoms with Crippen molar-refractivity contribution in [2.75, 3.05) is 21.2 Å². The molecule has 1 amide bonds. The van der Waals surface area contributed by atoms with Crippen LogP contribution in [0.4, 0.5) is 4.79 Å². The second kappa shape index (κ2) is 6.12. The van der Waals surface area contributed by atoms with E-state index in [4.69, 9.17) is 4.74 Å². The lowest BCUT2D eigenvalue weighted by Crippen LogP contribution is -2.35. The van der Waals surface area contributed by atoms with Crippen molar-refractivity contribution < 1.29 is 19.1 Å². The molecule has 0 atom stereocenters. The Morgan fingerprint density at radius 2 is 1.76 bits per heavy atom. The molecule has 0 aliphatic heterocycles. The van der Waals surface area contributed by atoms with Gasteiger partial charge in [0, 0.05) is 20.3 Å². The highest BCUT2D eigenvalue weighted by molar-refractivity contribution is 5.92. The number of hydrogen-bond acceptors (Lipinski definition) is 5. The van der Waals surface area contributed by atoms with Crippen LogP contribution in [-0.2, 0) is 14.3 Å². The summed E-state index contributed by atoms with van der Waals surface area (Å²) in [5.41, 5.74) is -0.601. The van der Waals surface area contributed by atoms with Crippen LogP contribution >= 0.6 is 0 Å². The predicted octanol–water partition coefficient (Wildman–Crippen LogP) is 1.09. The van der Waals surface area contributed by atoms with Crippen LogP contribution in [-0.4, -0.2) is 43.8 Å². The lowest BCUT2D eigenvalue weighted by atomic mass is 10.2. The Hall–Kier alpha value is -1.72. The average molecular weight is 244 g/mol. The zero-order valence-corrected chi connectivity index (χ0v) is 11.2. The van der Waals surface area contributed by atoms with Gasteiger partial charge in [-0.3, -0.25) is 5.32 Å². The normalized spacial score (nSPS) is 11.8. The van der Waals surface area contributed by atoms with Crippen LogP contribution in [0.15, 0.2) is 11.9 Å². The van der Waals surface area contributed by atoms with Crippen LogP contribution in [0.2, 0.25) is 0 Å². The van der Waals surface area contributed by atoms with Crippen LogP contribution in [0.1, 0.15) is 20.8 Å². The van der Waals surface area contributed by atoms with Crippen molar-refractivity contribution in [3.05, 3.63) is 11.9 Å². The number of rotatable bonds is 3. The third kappa shape index (κ3) is 7.21. The molecule has 0 saturated carbocycles. The van der Waals surface area contributed by atoms with Gasteiger partial charge in [0.05, 0.1) is 7.11 Å². The molecule has 0 heterocycles. The first-order valence-electron chi connectivity index (χ1n) is 5.12. The van der Waals surface area contributed by atoms with Gasteiger partial charge in [-0.15, -0.1) is 0 Å². The summed E-state index contributed by atoms with van der Waals surface area (Å²) in [6.07, 6.45) is 0.742. The Labute approximate surface area is 102 Å². The Morgan fingerprint density at radius 1 is 1.24 bits per heavy atom. The zero-order valence-electron chi connectivity index (χ0n) is 11.2. The Morgan fingerprint density at radius 3 is 2.12 bits per heavy atom. The maximum atomic E-state index is 11.5. The largest absolute Gasteiger partial charge is 0.464 e. The molecule has 98 valence electrons. The summed E-state index contributed by atoms with van der Waals surface area (Å²) in [6, 6.07) is 0. The van der Waals surface area contributed by atoms with Gasteiger partial charge >= 0.3 is 12.1 Å². The molecule has 0 rings (SSSR count). The highest BCUT2D eigenvalue weighted by atomic mass is 16.6. The molecule has 0 radical (unpaired) electrons. The predicted molar refractivity (Wildman–Crippen MR) is 63.2 cm³/mol. The van der Waals surface area contributed by atoms with Gasteiger partial charge < -0.3 is 14.4 Å². The topological polar surface area (TPSA) is 67.9 Å². The third-order valence-corrected chi connectivity index (χ3v) is 1.43. The maximum Gasteiger partial charge on any atom is 0.412 e. The van der Waals surface area contributed by atoms with E-state index >= 15 is 0 Å². The van der Waals surface area contributed by atoms with Crippen molar-refractivity contribution in [1.29, 1.82) is 0 Å². The number of alkyl carbamates (subject to hydrolysis) is 1. The molecular formula is C11H20N2O4. The lowest BCUT2D eigenvalue weighted by molar-refractivity contribution is -0.136. The molecule has 0 aromatic heterocycles. The van der Waals surface area contributed by atoms with Crippen LogP contribution in [0.3, 0.4) is 0 Å². The summed E-state index contributed by atoms with van der Waals surface area (Å²) < 4.78 is 9.57. The summed E-state index contributed by atoms with van der Waals surface area (Å²) in [5.74, 6) is -0.635. The van der Waals surface area contributed by atoms with Gasteiger partial charge in [0.25, 0.3) is 0 Å². The molecule has 0 aliphatic rings. The smallest absolute Gasteiger partial charge is 0.412 e. The van der Waals surface area contributed by atoms with Gasteiger partial charge in [-0.2, -0.15) is 0 Å². The number of ether oxygens (including phenoxy) is 2. The fourth-order valence-corrected chi connectivity index (χ4v) is 0.918. The second-order valence-corrected chi connectivity index (χ2v) is 4.62. The van der Waals surface area contributed by atoms with Crippen molar-refractivity contribution in [1.82, 2.24) is 10.2 Å². The zero-order chi connectivity index (χ0) is 13.6. The van der Waals surface area contributed by atoms with Gasteiger partial charge in [0.1, 0.15) is 11.3 Å². The standard InChI is InChI=1S/C11H20N2O4/c1-11(2,3)17-10(15)12-8(7-13(4)5)9(14)16-6/h7H,1-6H3,(H,12,15). The van der Waals surface area contributed by atoms with Crippen molar-refractivity contribution in [2.45, 2.75) is 26.4 Å². The van der Waals surface area contributed by atoms with Gasteiger partial charge in [-0.25, -0.2) is 9.59 Å². The minimum absolute atomic E-state index is 0.0201. The SMILES string of the molecule is COC(=O)C(=CN(C)C)NC(=O)OC(C)(C)C. The Bertz CT molecular complexity index is 316. The minimum atomic E-state index is -0.698. The number of nitrogens with one attached hydrogen (secondary N) is 1. The van der Waals surface area contributed by atoms with E-state index in [0.717, 1.165) is 0 Å². The van der Waals surface area contributed by atoms with E-state index in [1.807, 2.05) is 0 Å². The highest BCUT2D eigenvalue weighted by Crippen LogP contribution is 2.07. The molecule has 0 bridgehead atoms. The molecule has 0 fully saturated rings. The van der Waals surface area contributed by atoms with E-state index in [9.17, 15) is 9.59 Å². The van der Waals surface area contributed by atoms with Gasteiger partial charge in [-0.05, 0) is 20.8 Å². The van der Waals surface area contributed by atoms with Crippen molar-refractivity contribution in [3.63, 3.8) is 0 Å². The minimum Gasteiger partial charge on any atom is -0.464 e. The van der Waals surface area contributed by atoms with Crippen LogP contribution in [0, 0.1) is 0 Å². The molecule has 0 unspecified atom stereocenters. The number of nitrogens with zero attached hydrogens (tertiary/aromatic N) is 1. The van der Waals surface area contributed by atoms with Crippen molar-refractivity contribution >= 4 is 12.1 Å². The molecule has 0 aromatic carbocycles. The number of carbonyl (C=O) groups excluding carboxylic acids is 2. The second-order valence-electron chi connectivity index (χ2n) is 4.62. The third-order valence-electron chi connectivity index (χ3n) is 1.43. The summed E-state index contributed by atoms with van der Waals surface area (Å²) in [7, 11) is 4.68. The molecule has 17 heavy (non-hydrogen) atoms. The van der Waals surface area contributed by atoms with E-state index in [-0.39, 0.29) is 5.70 Å². The summed E-state index contributed by atoms with van der Waals surface area (Å²) >= 11 is 0. The Balaban J connectivity index is 4.67. The van der Waals surface area contributed by atoms with Crippen molar-refractivity contribution in [3.8, 4) is 0 Å². The average Bonchev–Trinajstić information content (AvgIpc) is 2.11. The number of hydrogen-bond donors (Lipinski definition) is 1. The molecular weight excluding hydrogens is 224 g/mol. The monoisotopic (exact) mass is 244 g/mol. The first kappa shape index (κ1) is 15.3. The van der Waals surface area contributed by atoms with E-state index in [1.54, 1.807) is 39.8 Å². The van der Waals surface area contributed by atoms with E-state index < -0.39 is 17.7 Å². The molecule has 1 N–H and O–H groups in total. The molecule has 6 nitrogen and oxygen atoms in total. The fourth-order valence-electron chi connectivity index (χ4n) is 0.918. The fraction of sp³-hybridized carbons (Fsp3) is 0.636. The number of methoxy groups -OCH3 is 1. The van der Waals surface area contributed by atoms with Gasteiger partial charge in [0.15, 0.2) is 0 Å². The maximum absolute atomic E-state index is 11.5. The number of amides is 1. The number of esters is 1. The first-order chi connectivity index (χ1) is 7.65. The molecule has 0 spiro atoms. The first-order valence-corrected chi connectivity index (χ1v) is 5.12. The summed E-state index contributed by atoms with van der Waals surface area (Å²) in [4.78, 5) is 24.4. The number of carbonyl (C=O) groups is 2. The summed E-state index contributed by atoms with van der Waals surface area (Å²) in [6.45, 7) is 5.21. The van der Waals surface area contributed by atoms with Gasteiger partial charge in [0.2, 0.25) is 0 Å². The highest BCUT2D eigenvalue weighted by Gasteiger charge is 2.20. The Kier molecular flexibility index (Phi) is 5.50. The van der Waals surface area contributed by atoms with E-state index in [2.05, 4.69) is 10.1 Å². The van der Waals surface area contributed by atoms with Crippen LogP contribution < -0.4 is 5.32 Å². The van der Waals surface area contributed by atoms with Crippen LogP contribution in [0.25, 0.3) is 0 Å². The van der Waals surface area contributed by atoms with Crippen molar-refractivity contribution in [2.24, 2.45) is 0 Å². The molecule has 0 aromatic rings. The summed E-state index contributed by atoms with van der Waals surface area (Å²) in [5, 5.41) is 2.34. The molecule has 0 saturated heterocycles. The lowest BCUT2D eigenvalue weighted by Gasteiger charge is -2.20. The quantitative estimate of drug-likeness (QED) is 0.594. The molecule has 0 aliphatic carbocycles. The molecule has 6 heteroatoms. The van der Waals surface area contributed by atoms with Gasteiger partial charge in [-0.1, -0.05) is 0 Å². The van der Waals surface area contributed by atoms with E-state index in [1.165, 1.54) is 13.3 Å². The van der Waals surface area contributed by atoms with Crippen LogP contribution in [0.5, 0.6) is 0 Å². The van der Waals surface area contributed by atoms with E-state index in [0.29, 0.717) is 0 Å².